The van der Waals surface area contributed by atoms with Crippen LogP contribution in [0.5, 0.6) is 0 Å². The van der Waals surface area contributed by atoms with E-state index in [2.05, 4.69) is 60.0 Å². The molecular weight excluding hydrogens is 268 g/mol. The van der Waals surface area contributed by atoms with Gasteiger partial charge in [-0.3, -0.25) is 0 Å². The SMILES string of the molecule is C[C@@H]1CNCCc2ccc(Nc3ccccc3)cc21.Cl. The Kier molecular flexibility index (Phi) is 5.05. The molecule has 2 aromatic carbocycles. The molecule has 2 aromatic rings. The average Bonchev–Trinajstić information content (AvgIpc) is 2.62. The van der Waals surface area contributed by atoms with Gasteiger partial charge < -0.3 is 10.6 Å². The van der Waals surface area contributed by atoms with Gasteiger partial charge in [0.15, 0.2) is 0 Å². The molecule has 2 N–H and O–H groups in total. The number of hydrogen-bond donors (Lipinski definition) is 2. The average molecular weight is 289 g/mol. The fraction of sp³-hybridized carbons (Fsp3) is 0.294. The summed E-state index contributed by atoms with van der Waals surface area (Å²) < 4.78 is 0. The van der Waals surface area contributed by atoms with Crippen molar-refractivity contribution in [3.05, 3.63) is 59.7 Å². The molecule has 106 valence electrons. The van der Waals surface area contributed by atoms with Crippen molar-refractivity contribution in [1.29, 1.82) is 0 Å². The van der Waals surface area contributed by atoms with Crippen molar-refractivity contribution < 1.29 is 0 Å². The molecule has 0 unspecified atom stereocenters. The summed E-state index contributed by atoms with van der Waals surface area (Å²) in [6, 6.07) is 17.1. The van der Waals surface area contributed by atoms with Crippen LogP contribution < -0.4 is 10.6 Å². The molecule has 0 saturated carbocycles. The lowest BCUT2D eigenvalue weighted by atomic mass is 9.95. The van der Waals surface area contributed by atoms with Gasteiger partial charge in [-0.05, 0) is 54.3 Å². The maximum absolute atomic E-state index is 3.49. The van der Waals surface area contributed by atoms with Crippen LogP contribution in [0.4, 0.5) is 11.4 Å². The fourth-order valence-electron chi connectivity index (χ4n) is 2.70. The third-order valence-corrected chi connectivity index (χ3v) is 3.76. The van der Waals surface area contributed by atoms with Gasteiger partial charge >= 0.3 is 0 Å². The van der Waals surface area contributed by atoms with Crippen LogP contribution in [0.15, 0.2) is 48.5 Å². The first-order valence-corrected chi connectivity index (χ1v) is 6.98. The molecule has 0 aromatic heterocycles. The minimum atomic E-state index is 0. The highest BCUT2D eigenvalue weighted by molar-refractivity contribution is 5.85. The van der Waals surface area contributed by atoms with Crippen LogP contribution >= 0.6 is 12.4 Å². The Morgan fingerprint density at radius 3 is 2.65 bits per heavy atom. The lowest BCUT2D eigenvalue weighted by Crippen LogP contribution is -2.18. The highest BCUT2D eigenvalue weighted by Crippen LogP contribution is 2.27. The monoisotopic (exact) mass is 288 g/mol. The summed E-state index contributed by atoms with van der Waals surface area (Å²) in [5.41, 5.74) is 5.28. The molecule has 1 aliphatic heterocycles. The van der Waals surface area contributed by atoms with E-state index in [0.29, 0.717) is 5.92 Å². The standard InChI is InChI=1S/C17H20N2.ClH/c1-13-12-18-10-9-14-7-8-16(11-17(13)14)19-15-5-3-2-4-6-15;/h2-8,11,13,18-19H,9-10,12H2,1H3;1H/t13-;/m1./s1. The maximum atomic E-state index is 3.49. The molecule has 1 aliphatic rings. The second-order valence-corrected chi connectivity index (χ2v) is 5.26. The molecular formula is C17H21ClN2. The quantitative estimate of drug-likeness (QED) is 0.869. The zero-order valence-electron chi connectivity index (χ0n) is 11.7. The zero-order chi connectivity index (χ0) is 13.1. The van der Waals surface area contributed by atoms with E-state index < -0.39 is 0 Å². The van der Waals surface area contributed by atoms with Crippen molar-refractivity contribution in [3.8, 4) is 0 Å². The molecule has 0 spiro atoms. The van der Waals surface area contributed by atoms with E-state index in [1.54, 1.807) is 0 Å². The van der Waals surface area contributed by atoms with Crippen LogP contribution in [0.1, 0.15) is 24.0 Å². The third kappa shape index (κ3) is 3.33. The molecule has 2 nitrogen and oxygen atoms in total. The highest BCUT2D eigenvalue weighted by Gasteiger charge is 2.14. The van der Waals surface area contributed by atoms with Gasteiger partial charge in [0.25, 0.3) is 0 Å². The summed E-state index contributed by atoms with van der Waals surface area (Å²) >= 11 is 0. The lowest BCUT2D eigenvalue weighted by Gasteiger charge is -2.15. The van der Waals surface area contributed by atoms with Crippen LogP contribution in [-0.4, -0.2) is 13.1 Å². The second-order valence-electron chi connectivity index (χ2n) is 5.26. The first-order chi connectivity index (χ1) is 9.33. The van der Waals surface area contributed by atoms with Crippen LogP contribution in [-0.2, 0) is 6.42 Å². The van der Waals surface area contributed by atoms with Crippen molar-refractivity contribution in [1.82, 2.24) is 5.32 Å². The number of fused-ring (bicyclic) bond motifs is 1. The second kappa shape index (κ2) is 6.78. The predicted molar refractivity (Wildman–Crippen MR) is 88.4 cm³/mol. The molecule has 0 bridgehead atoms. The third-order valence-electron chi connectivity index (χ3n) is 3.76. The van der Waals surface area contributed by atoms with Crippen molar-refractivity contribution >= 4 is 23.8 Å². The van der Waals surface area contributed by atoms with Gasteiger partial charge in [-0.2, -0.15) is 0 Å². The summed E-state index contributed by atoms with van der Waals surface area (Å²) in [6.45, 7) is 4.45. The van der Waals surface area contributed by atoms with E-state index in [4.69, 9.17) is 0 Å². The number of benzene rings is 2. The number of anilines is 2. The normalized spacial score (nSPS) is 17.6. The first-order valence-electron chi connectivity index (χ1n) is 6.98. The predicted octanol–water partition coefficient (Wildman–Crippen LogP) is 4.10. The number of para-hydroxylation sites is 1. The Morgan fingerprint density at radius 1 is 1.05 bits per heavy atom. The molecule has 3 heteroatoms. The smallest absolute Gasteiger partial charge is 0.0387 e. The topological polar surface area (TPSA) is 24.1 Å². The van der Waals surface area contributed by atoms with Gasteiger partial charge in [-0.15, -0.1) is 12.4 Å². The highest BCUT2D eigenvalue weighted by atomic mass is 35.5. The van der Waals surface area contributed by atoms with E-state index in [1.165, 1.54) is 16.8 Å². The number of nitrogens with one attached hydrogen (secondary N) is 2. The largest absolute Gasteiger partial charge is 0.356 e. The molecule has 20 heavy (non-hydrogen) atoms. The Balaban J connectivity index is 0.00000147. The summed E-state index contributed by atoms with van der Waals surface area (Å²) in [6.07, 6.45) is 1.13. The van der Waals surface area contributed by atoms with Gasteiger partial charge in [-0.25, -0.2) is 0 Å². The number of hydrogen-bond acceptors (Lipinski definition) is 2. The van der Waals surface area contributed by atoms with E-state index in [9.17, 15) is 0 Å². The maximum Gasteiger partial charge on any atom is 0.0387 e. The minimum absolute atomic E-state index is 0. The van der Waals surface area contributed by atoms with Gasteiger partial charge in [0, 0.05) is 17.9 Å². The van der Waals surface area contributed by atoms with Crippen LogP contribution in [0.3, 0.4) is 0 Å². The summed E-state index contributed by atoms with van der Waals surface area (Å²) in [5.74, 6) is 0.579. The molecule has 0 aliphatic carbocycles. The van der Waals surface area contributed by atoms with Gasteiger partial charge in [0.1, 0.15) is 0 Å². The number of halogens is 1. The summed E-state index contributed by atoms with van der Waals surface area (Å²) in [4.78, 5) is 0. The first kappa shape index (κ1) is 14.9. The van der Waals surface area contributed by atoms with E-state index >= 15 is 0 Å². The van der Waals surface area contributed by atoms with Crippen molar-refractivity contribution in [2.75, 3.05) is 18.4 Å². The van der Waals surface area contributed by atoms with E-state index in [1.807, 2.05) is 6.07 Å². The number of rotatable bonds is 2. The van der Waals surface area contributed by atoms with Crippen molar-refractivity contribution in [2.24, 2.45) is 0 Å². The molecule has 0 saturated heterocycles. The van der Waals surface area contributed by atoms with Gasteiger partial charge in [0.05, 0.1) is 0 Å². The zero-order valence-corrected chi connectivity index (χ0v) is 12.5. The molecule has 0 amide bonds. The van der Waals surface area contributed by atoms with E-state index in [-0.39, 0.29) is 12.4 Å². The molecule has 1 heterocycles. The molecule has 1 atom stereocenters. The molecule has 0 fully saturated rings. The Bertz CT molecular complexity index is 554. The van der Waals surface area contributed by atoms with Crippen LogP contribution in [0.2, 0.25) is 0 Å². The van der Waals surface area contributed by atoms with Crippen LogP contribution in [0.25, 0.3) is 0 Å². The lowest BCUT2D eigenvalue weighted by molar-refractivity contribution is 0.644. The van der Waals surface area contributed by atoms with Gasteiger partial charge in [-0.1, -0.05) is 31.2 Å². The Labute approximate surface area is 127 Å². The van der Waals surface area contributed by atoms with Crippen molar-refractivity contribution in [2.45, 2.75) is 19.3 Å². The Hall–Kier alpha value is -1.51. The van der Waals surface area contributed by atoms with Gasteiger partial charge in [0.2, 0.25) is 0 Å². The molecule has 3 rings (SSSR count). The van der Waals surface area contributed by atoms with Crippen molar-refractivity contribution in [3.63, 3.8) is 0 Å². The van der Waals surface area contributed by atoms with Crippen LogP contribution in [0, 0.1) is 0 Å². The minimum Gasteiger partial charge on any atom is -0.356 e. The summed E-state index contributed by atoms with van der Waals surface area (Å²) in [5, 5.41) is 6.97. The Morgan fingerprint density at radius 2 is 1.85 bits per heavy atom. The van der Waals surface area contributed by atoms with E-state index in [0.717, 1.165) is 25.2 Å². The molecule has 0 radical (unpaired) electrons. The summed E-state index contributed by atoms with van der Waals surface area (Å²) in [7, 11) is 0. The fourth-order valence-corrected chi connectivity index (χ4v) is 2.70.